The van der Waals surface area contributed by atoms with Gasteiger partial charge in [-0.3, -0.25) is 4.90 Å². The first-order valence-corrected chi connectivity index (χ1v) is 6.39. The van der Waals surface area contributed by atoms with Crippen molar-refractivity contribution in [3.05, 3.63) is 29.3 Å². The normalized spacial score (nSPS) is 11.9. The third-order valence-corrected chi connectivity index (χ3v) is 2.95. The highest BCUT2D eigenvalue weighted by Crippen LogP contribution is 2.32. The number of ether oxygens (including phenoxy) is 1. The molecule has 0 aliphatic carbocycles. The Labute approximate surface area is 111 Å². The molecule has 0 fully saturated rings. The number of methoxy groups -OCH3 is 1. The Kier molecular flexibility index (Phi) is 5.17. The van der Waals surface area contributed by atoms with Gasteiger partial charge in [-0.2, -0.15) is 0 Å². The van der Waals surface area contributed by atoms with Crippen molar-refractivity contribution in [2.24, 2.45) is 0 Å². The Morgan fingerprint density at radius 1 is 1.28 bits per heavy atom. The van der Waals surface area contributed by atoms with Crippen molar-refractivity contribution in [2.45, 2.75) is 32.7 Å². The summed E-state index contributed by atoms with van der Waals surface area (Å²) >= 11 is 0. The van der Waals surface area contributed by atoms with E-state index in [4.69, 9.17) is 4.74 Å². The van der Waals surface area contributed by atoms with Crippen LogP contribution in [-0.4, -0.2) is 32.8 Å². The van der Waals surface area contributed by atoms with Gasteiger partial charge in [-0.25, -0.2) is 0 Å². The Bertz CT molecular complexity index is 383. The number of hydrogen-bond acceptors (Lipinski definition) is 3. The quantitative estimate of drug-likeness (QED) is 0.813. The van der Waals surface area contributed by atoms with Crippen LogP contribution in [0, 0.1) is 0 Å². The van der Waals surface area contributed by atoms with Gasteiger partial charge in [-0.15, -0.1) is 0 Å². The monoisotopic (exact) mass is 250 g/mol. The van der Waals surface area contributed by atoms with Gasteiger partial charge in [0.05, 0.1) is 7.11 Å². The van der Waals surface area contributed by atoms with Crippen LogP contribution in [0.2, 0.25) is 0 Å². The molecule has 0 aromatic heterocycles. The first-order chi connectivity index (χ1) is 8.38. The molecule has 0 bridgehead atoms. The molecule has 0 aliphatic rings. The van der Waals surface area contributed by atoms with Crippen LogP contribution in [0.4, 0.5) is 0 Å². The van der Waals surface area contributed by atoms with Gasteiger partial charge in [0.25, 0.3) is 0 Å². The lowest BCUT2D eigenvalue weighted by molar-refractivity contribution is 0.309. The van der Waals surface area contributed by atoms with Gasteiger partial charge in [-0.1, -0.05) is 32.9 Å². The second kappa shape index (κ2) is 6.21. The van der Waals surface area contributed by atoms with Gasteiger partial charge in [0.1, 0.15) is 5.75 Å². The third kappa shape index (κ3) is 4.00. The Hall–Kier alpha value is -1.06. The highest BCUT2D eigenvalue weighted by molar-refractivity contribution is 5.41. The van der Waals surface area contributed by atoms with Crippen molar-refractivity contribution in [3.8, 4) is 5.75 Å². The van der Waals surface area contributed by atoms with Crippen molar-refractivity contribution in [2.75, 3.05) is 27.9 Å². The number of hydrogen-bond donors (Lipinski definition) is 1. The minimum atomic E-state index is 0.100. The van der Waals surface area contributed by atoms with Crippen LogP contribution >= 0.6 is 0 Å². The maximum atomic E-state index is 5.45. The maximum absolute atomic E-state index is 5.45. The zero-order valence-electron chi connectivity index (χ0n) is 12.5. The largest absolute Gasteiger partial charge is 0.496 e. The Balaban J connectivity index is 2.96. The average molecular weight is 250 g/mol. The molecule has 0 aliphatic heterocycles. The topological polar surface area (TPSA) is 24.5 Å². The van der Waals surface area contributed by atoms with E-state index in [0.717, 1.165) is 19.0 Å². The molecule has 0 atom stereocenters. The van der Waals surface area contributed by atoms with E-state index in [1.54, 1.807) is 7.11 Å². The SMILES string of the molecule is CNCN(C)Cc1ccc(OC)c(C(C)(C)C)c1. The van der Waals surface area contributed by atoms with Gasteiger partial charge in [0.2, 0.25) is 0 Å². The van der Waals surface area contributed by atoms with E-state index in [9.17, 15) is 0 Å². The summed E-state index contributed by atoms with van der Waals surface area (Å²) in [6.45, 7) is 8.47. The van der Waals surface area contributed by atoms with Gasteiger partial charge in [-0.05, 0) is 36.7 Å². The summed E-state index contributed by atoms with van der Waals surface area (Å²) in [4.78, 5) is 2.24. The summed E-state index contributed by atoms with van der Waals surface area (Å²) < 4.78 is 5.45. The first-order valence-electron chi connectivity index (χ1n) is 6.39. The molecule has 0 spiro atoms. The summed E-state index contributed by atoms with van der Waals surface area (Å²) in [5.41, 5.74) is 2.68. The van der Waals surface area contributed by atoms with Crippen molar-refractivity contribution in [3.63, 3.8) is 0 Å². The van der Waals surface area contributed by atoms with Crippen LogP contribution in [0.5, 0.6) is 5.75 Å². The van der Waals surface area contributed by atoms with Crippen LogP contribution in [-0.2, 0) is 12.0 Å². The van der Waals surface area contributed by atoms with Crippen molar-refractivity contribution < 1.29 is 4.74 Å². The van der Waals surface area contributed by atoms with E-state index < -0.39 is 0 Å². The van der Waals surface area contributed by atoms with Crippen molar-refractivity contribution in [1.82, 2.24) is 10.2 Å². The molecule has 3 heteroatoms. The van der Waals surface area contributed by atoms with Crippen molar-refractivity contribution in [1.29, 1.82) is 0 Å². The van der Waals surface area contributed by atoms with Gasteiger partial charge < -0.3 is 10.1 Å². The highest BCUT2D eigenvalue weighted by atomic mass is 16.5. The molecule has 102 valence electrons. The van der Waals surface area contributed by atoms with Crippen LogP contribution in [0.3, 0.4) is 0 Å². The molecule has 1 rings (SSSR count). The van der Waals surface area contributed by atoms with E-state index in [2.05, 4.69) is 56.2 Å². The molecule has 0 radical (unpaired) electrons. The standard InChI is InChI=1S/C15H26N2O/c1-15(2,3)13-9-12(7-8-14(13)18-6)10-17(5)11-16-4/h7-9,16H,10-11H2,1-6H3. The maximum Gasteiger partial charge on any atom is 0.122 e. The van der Waals surface area contributed by atoms with Crippen LogP contribution in [0.25, 0.3) is 0 Å². The fraction of sp³-hybridized carbons (Fsp3) is 0.600. The zero-order valence-corrected chi connectivity index (χ0v) is 12.5. The predicted octanol–water partition coefficient (Wildman–Crippen LogP) is 2.60. The lowest BCUT2D eigenvalue weighted by Crippen LogP contribution is -2.28. The molecule has 1 aromatic carbocycles. The predicted molar refractivity (Wildman–Crippen MR) is 77.1 cm³/mol. The lowest BCUT2D eigenvalue weighted by Gasteiger charge is -2.24. The number of rotatable bonds is 5. The van der Waals surface area contributed by atoms with Gasteiger partial charge in [0, 0.05) is 13.2 Å². The number of benzene rings is 1. The smallest absolute Gasteiger partial charge is 0.122 e. The van der Waals surface area contributed by atoms with Crippen LogP contribution < -0.4 is 10.1 Å². The highest BCUT2D eigenvalue weighted by Gasteiger charge is 2.19. The van der Waals surface area contributed by atoms with E-state index in [-0.39, 0.29) is 5.41 Å². The lowest BCUT2D eigenvalue weighted by atomic mass is 9.85. The molecule has 1 aromatic rings. The van der Waals surface area contributed by atoms with Crippen molar-refractivity contribution >= 4 is 0 Å². The van der Waals surface area contributed by atoms with Crippen LogP contribution in [0.1, 0.15) is 31.9 Å². The Morgan fingerprint density at radius 2 is 1.94 bits per heavy atom. The summed E-state index contributed by atoms with van der Waals surface area (Å²) in [6.07, 6.45) is 0. The van der Waals surface area contributed by atoms with Gasteiger partial charge >= 0.3 is 0 Å². The molecule has 0 amide bonds. The van der Waals surface area contributed by atoms with Gasteiger partial charge in [0.15, 0.2) is 0 Å². The molecule has 0 heterocycles. The molecule has 0 saturated carbocycles. The summed E-state index contributed by atoms with van der Waals surface area (Å²) in [7, 11) is 5.81. The molecule has 0 saturated heterocycles. The third-order valence-electron chi connectivity index (χ3n) is 2.95. The first kappa shape index (κ1) is 15.0. The molecule has 0 unspecified atom stereocenters. The molecular weight excluding hydrogens is 224 g/mol. The van der Waals surface area contributed by atoms with E-state index in [1.165, 1.54) is 11.1 Å². The van der Waals surface area contributed by atoms with E-state index in [1.807, 2.05) is 7.05 Å². The minimum Gasteiger partial charge on any atom is -0.496 e. The number of nitrogens with zero attached hydrogens (tertiary/aromatic N) is 1. The molecule has 3 nitrogen and oxygen atoms in total. The Morgan fingerprint density at radius 3 is 2.44 bits per heavy atom. The average Bonchev–Trinajstić information content (AvgIpc) is 2.28. The van der Waals surface area contributed by atoms with E-state index in [0.29, 0.717) is 0 Å². The summed E-state index contributed by atoms with van der Waals surface area (Å²) in [6, 6.07) is 6.47. The summed E-state index contributed by atoms with van der Waals surface area (Å²) in [5, 5.41) is 3.16. The number of nitrogens with one attached hydrogen (secondary N) is 1. The summed E-state index contributed by atoms with van der Waals surface area (Å²) in [5.74, 6) is 0.975. The second-order valence-electron chi connectivity index (χ2n) is 5.81. The fourth-order valence-electron chi connectivity index (χ4n) is 2.08. The minimum absolute atomic E-state index is 0.100. The molecular formula is C15H26N2O. The molecule has 1 N–H and O–H groups in total. The molecule has 18 heavy (non-hydrogen) atoms. The van der Waals surface area contributed by atoms with E-state index >= 15 is 0 Å². The second-order valence-corrected chi connectivity index (χ2v) is 5.81. The fourth-order valence-corrected chi connectivity index (χ4v) is 2.08. The zero-order chi connectivity index (χ0) is 13.8. The van der Waals surface area contributed by atoms with Crippen LogP contribution in [0.15, 0.2) is 18.2 Å².